The van der Waals surface area contributed by atoms with Crippen LogP contribution >= 0.6 is 23.2 Å². The van der Waals surface area contributed by atoms with Gasteiger partial charge >= 0.3 is 11.9 Å². The maximum absolute atomic E-state index is 13.3. The molecule has 4 aliphatic carbocycles. The zero-order chi connectivity index (χ0) is 23.5. The van der Waals surface area contributed by atoms with Crippen LogP contribution in [0.5, 0.6) is 0 Å². The second kappa shape index (κ2) is 8.14. The summed E-state index contributed by atoms with van der Waals surface area (Å²) in [5.74, 6) is -1.47. The number of carbonyl (C=O) groups excluding carboxylic acids is 3. The van der Waals surface area contributed by atoms with Crippen LogP contribution in [0.2, 0.25) is 0 Å². The van der Waals surface area contributed by atoms with E-state index in [-0.39, 0.29) is 36.6 Å². The van der Waals surface area contributed by atoms with Gasteiger partial charge in [0.2, 0.25) is 10.4 Å². The molecule has 1 N–H and O–H groups in total. The van der Waals surface area contributed by atoms with Crippen LogP contribution in [0.4, 0.5) is 0 Å². The third kappa shape index (κ3) is 3.28. The second-order valence-corrected chi connectivity index (χ2v) is 11.1. The standard InChI is InChI=1S/C24H30Cl2O6/c1-4-31-21(30)24(32-20(29)19(25)26)10-8-16-15-6-5-13-11-14(27)7-9-22(13,2)18(15)17(28)12-23(16,24)3/h7,9,11,15-19,28H,4-6,8,10,12H2,1-3H3/t15-,16-,17-,18+,22-,23-,24-/m0/s1. The molecule has 32 heavy (non-hydrogen) atoms. The molecule has 3 fully saturated rings. The van der Waals surface area contributed by atoms with Crippen LogP contribution in [0.25, 0.3) is 0 Å². The van der Waals surface area contributed by atoms with Crippen molar-refractivity contribution in [2.24, 2.45) is 28.6 Å². The lowest BCUT2D eigenvalue weighted by atomic mass is 9.46. The first-order valence-electron chi connectivity index (χ1n) is 11.3. The van der Waals surface area contributed by atoms with E-state index in [1.165, 1.54) is 0 Å². The number of aliphatic hydroxyl groups excluding tert-OH is 1. The molecule has 7 atom stereocenters. The summed E-state index contributed by atoms with van der Waals surface area (Å²) >= 11 is 11.5. The Morgan fingerprint density at radius 2 is 2.00 bits per heavy atom. The van der Waals surface area contributed by atoms with Crippen molar-refractivity contribution >= 4 is 40.9 Å². The minimum Gasteiger partial charge on any atom is -0.463 e. The smallest absolute Gasteiger partial charge is 0.351 e. The summed E-state index contributed by atoms with van der Waals surface area (Å²) in [5, 5.41) is 11.5. The Kier molecular flexibility index (Phi) is 6.05. The highest BCUT2D eigenvalue weighted by Gasteiger charge is 2.71. The summed E-state index contributed by atoms with van der Waals surface area (Å²) in [6, 6.07) is 0. The molecular formula is C24H30Cl2O6. The van der Waals surface area contributed by atoms with Gasteiger partial charge < -0.3 is 14.6 Å². The number of carbonyl (C=O) groups is 3. The van der Waals surface area contributed by atoms with Gasteiger partial charge in [-0.25, -0.2) is 9.59 Å². The molecule has 8 heteroatoms. The lowest BCUT2D eigenvalue weighted by molar-refractivity contribution is -0.212. The molecule has 176 valence electrons. The first-order valence-corrected chi connectivity index (χ1v) is 12.2. The summed E-state index contributed by atoms with van der Waals surface area (Å²) in [7, 11) is 0. The van der Waals surface area contributed by atoms with Crippen LogP contribution in [0.15, 0.2) is 23.8 Å². The molecule has 0 unspecified atom stereocenters. The highest BCUT2D eigenvalue weighted by molar-refractivity contribution is 6.53. The largest absolute Gasteiger partial charge is 0.463 e. The predicted octanol–water partition coefficient (Wildman–Crippen LogP) is 3.91. The molecule has 0 aliphatic heterocycles. The van der Waals surface area contributed by atoms with Gasteiger partial charge in [0.25, 0.3) is 0 Å². The summed E-state index contributed by atoms with van der Waals surface area (Å²) in [6.45, 7) is 5.85. The third-order valence-corrected chi connectivity index (χ3v) is 9.03. The molecule has 0 saturated heterocycles. The molecule has 0 aromatic rings. The third-order valence-electron chi connectivity index (χ3n) is 8.67. The second-order valence-electron chi connectivity index (χ2n) is 10.0. The molecule has 0 spiro atoms. The number of esters is 2. The molecule has 4 aliphatic rings. The highest BCUT2D eigenvalue weighted by Crippen LogP contribution is 2.68. The Morgan fingerprint density at radius 1 is 1.28 bits per heavy atom. The van der Waals surface area contributed by atoms with E-state index in [1.807, 2.05) is 13.0 Å². The van der Waals surface area contributed by atoms with Crippen molar-refractivity contribution in [3.05, 3.63) is 23.8 Å². The lowest BCUT2D eigenvalue weighted by Gasteiger charge is -2.59. The minimum atomic E-state index is -1.55. The summed E-state index contributed by atoms with van der Waals surface area (Å²) < 4.78 is 11.1. The number of alkyl halides is 2. The Morgan fingerprint density at radius 3 is 2.66 bits per heavy atom. The Bertz CT molecular complexity index is 897. The van der Waals surface area contributed by atoms with Crippen molar-refractivity contribution in [1.29, 1.82) is 0 Å². The van der Waals surface area contributed by atoms with Gasteiger partial charge in [0, 0.05) is 16.7 Å². The number of ether oxygens (including phenoxy) is 2. The number of aliphatic hydroxyl groups is 1. The minimum absolute atomic E-state index is 0.0168. The van der Waals surface area contributed by atoms with Crippen molar-refractivity contribution in [1.82, 2.24) is 0 Å². The van der Waals surface area contributed by atoms with Crippen LogP contribution in [0.3, 0.4) is 0 Å². The number of allylic oxidation sites excluding steroid dienone is 4. The predicted molar refractivity (Wildman–Crippen MR) is 119 cm³/mol. The summed E-state index contributed by atoms with van der Waals surface area (Å²) in [5.41, 5.74) is -1.74. The SMILES string of the molecule is CCOC(=O)[C@@]1(OC(=O)C(Cl)Cl)CC[C@H]2[C@@H]3CCC4=CC(=O)C=C[C@]4(C)[C@H]3[C@@H](O)C[C@@]21C. The number of hydrogen-bond donors (Lipinski definition) is 1. The van der Waals surface area contributed by atoms with Gasteiger partial charge in [0.15, 0.2) is 5.78 Å². The average Bonchev–Trinajstić information content (AvgIpc) is 3.01. The maximum Gasteiger partial charge on any atom is 0.351 e. The molecule has 0 bridgehead atoms. The zero-order valence-electron chi connectivity index (χ0n) is 18.6. The normalized spacial score (nSPS) is 42.6. The van der Waals surface area contributed by atoms with Crippen molar-refractivity contribution < 1.29 is 29.0 Å². The van der Waals surface area contributed by atoms with Crippen LogP contribution in [0, 0.1) is 28.6 Å². The molecule has 0 heterocycles. The van der Waals surface area contributed by atoms with Crippen molar-refractivity contribution in [2.45, 2.75) is 69.4 Å². The molecule has 3 saturated carbocycles. The maximum atomic E-state index is 13.3. The zero-order valence-corrected chi connectivity index (χ0v) is 20.1. The quantitative estimate of drug-likeness (QED) is 0.480. The van der Waals surface area contributed by atoms with Crippen molar-refractivity contribution in [3.8, 4) is 0 Å². The number of hydrogen-bond acceptors (Lipinski definition) is 6. The van der Waals surface area contributed by atoms with Crippen molar-refractivity contribution in [2.75, 3.05) is 6.61 Å². The number of halogens is 2. The highest BCUT2D eigenvalue weighted by atomic mass is 35.5. The fourth-order valence-electron chi connectivity index (χ4n) is 7.32. The van der Waals surface area contributed by atoms with Crippen LogP contribution in [-0.4, -0.2) is 46.0 Å². The Hall–Kier alpha value is -1.37. The first kappa shape index (κ1) is 23.8. The van der Waals surface area contributed by atoms with Crippen LogP contribution < -0.4 is 0 Å². The van der Waals surface area contributed by atoms with E-state index in [4.69, 9.17) is 32.7 Å². The van der Waals surface area contributed by atoms with Gasteiger partial charge in [-0.05, 0) is 63.0 Å². The lowest BCUT2D eigenvalue weighted by Crippen LogP contribution is -2.63. The first-order chi connectivity index (χ1) is 15.0. The fourth-order valence-corrected chi connectivity index (χ4v) is 7.41. The van der Waals surface area contributed by atoms with E-state index >= 15 is 0 Å². The molecular weight excluding hydrogens is 455 g/mol. The van der Waals surface area contributed by atoms with Gasteiger partial charge in [0.1, 0.15) is 0 Å². The van der Waals surface area contributed by atoms with Gasteiger partial charge in [0.05, 0.1) is 12.7 Å². The fraction of sp³-hybridized carbons (Fsp3) is 0.708. The molecule has 6 nitrogen and oxygen atoms in total. The molecule has 0 radical (unpaired) electrons. The number of rotatable bonds is 4. The van der Waals surface area contributed by atoms with Gasteiger partial charge in [-0.3, -0.25) is 4.79 Å². The van der Waals surface area contributed by atoms with E-state index in [1.54, 1.807) is 19.1 Å². The van der Waals surface area contributed by atoms with Crippen LogP contribution in [-0.2, 0) is 23.9 Å². The topological polar surface area (TPSA) is 89.9 Å². The van der Waals surface area contributed by atoms with Gasteiger partial charge in [-0.1, -0.05) is 48.7 Å². The van der Waals surface area contributed by atoms with Crippen molar-refractivity contribution in [3.63, 3.8) is 0 Å². The van der Waals surface area contributed by atoms with E-state index in [0.29, 0.717) is 12.8 Å². The summed E-state index contributed by atoms with van der Waals surface area (Å²) in [4.78, 5) is 36.3. The van der Waals surface area contributed by atoms with E-state index < -0.39 is 39.3 Å². The Balaban J connectivity index is 1.75. The molecule has 0 aromatic carbocycles. The number of ketones is 1. The van der Waals surface area contributed by atoms with E-state index in [0.717, 1.165) is 18.4 Å². The van der Waals surface area contributed by atoms with Gasteiger partial charge in [-0.2, -0.15) is 0 Å². The monoisotopic (exact) mass is 484 g/mol. The average molecular weight is 485 g/mol. The van der Waals surface area contributed by atoms with E-state index in [2.05, 4.69) is 6.92 Å². The van der Waals surface area contributed by atoms with Gasteiger partial charge in [-0.15, -0.1) is 0 Å². The number of fused-ring (bicyclic) bond motifs is 5. The Labute approximate surface area is 198 Å². The molecule has 0 aromatic heterocycles. The molecule has 0 amide bonds. The van der Waals surface area contributed by atoms with E-state index in [9.17, 15) is 19.5 Å². The summed E-state index contributed by atoms with van der Waals surface area (Å²) in [6.07, 6.45) is 7.25. The van der Waals surface area contributed by atoms with Crippen LogP contribution in [0.1, 0.15) is 52.9 Å². The molecule has 4 rings (SSSR count).